The maximum atomic E-state index is 12.9. The number of hydrogen-bond acceptors (Lipinski definition) is 8. The van der Waals surface area contributed by atoms with Gasteiger partial charge in [0.25, 0.3) is 5.91 Å². The van der Waals surface area contributed by atoms with Crippen LogP contribution in [0.4, 0.5) is 5.69 Å². The Balaban J connectivity index is 1.75. The summed E-state index contributed by atoms with van der Waals surface area (Å²) in [5.74, 6) is -0.215. The SMILES string of the molecule is Cc1nc(C(=O)Nc2ccc3c(c2)[C@]2(COC3)CS(=O)(=O)C(C)(C)C(N)=N2)co1. The summed E-state index contributed by atoms with van der Waals surface area (Å²) in [7, 11) is -3.58. The molecule has 3 heterocycles. The smallest absolute Gasteiger partial charge is 0.277 e. The summed E-state index contributed by atoms with van der Waals surface area (Å²) in [4.78, 5) is 21.0. The summed E-state index contributed by atoms with van der Waals surface area (Å²) in [5.41, 5.74) is 7.06. The van der Waals surface area contributed by atoms with E-state index in [9.17, 15) is 13.2 Å². The Labute approximate surface area is 168 Å². The van der Waals surface area contributed by atoms with Crippen molar-refractivity contribution in [2.75, 3.05) is 17.7 Å². The van der Waals surface area contributed by atoms with Crippen molar-refractivity contribution in [2.24, 2.45) is 10.7 Å². The Morgan fingerprint density at radius 2 is 2.07 bits per heavy atom. The first-order chi connectivity index (χ1) is 13.5. The van der Waals surface area contributed by atoms with Gasteiger partial charge in [0.1, 0.15) is 22.4 Å². The molecule has 0 bridgehead atoms. The van der Waals surface area contributed by atoms with Crippen LogP contribution in [0, 0.1) is 6.92 Å². The van der Waals surface area contributed by atoms with Crippen LogP contribution in [-0.2, 0) is 26.7 Å². The molecule has 10 heteroatoms. The van der Waals surface area contributed by atoms with Gasteiger partial charge >= 0.3 is 0 Å². The van der Waals surface area contributed by atoms with E-state index in [0.717, 1.165) is 5.56 Å². The van der Waals surface area contributed by atoms with Gasteiger partial charge in [-0.25, -0.2) is 13.4 Å². The number of aryl methyl sites for hydroxylation is 1. The zero-order valence-electron chi connectivity index (χ0n) is 16.4. The lowest BCUT2D eigenvalue weighted by molar-refractivity contribution is 0.0610. The maximum Gasteiger partial charge on any atom is 0.277 e. The number of carbonyl (C=O) groups excluding carboxylic acids is 1. The molecule has 1 aromatic heterocycles. The number of fused-ring (bicyclic) bond motifs is 2. The van der Waals surface area contributed by atoms with E-state index in [1.54, 1.807) is 39.0 Å². The number of hydrogen-bond donors (Lipinski definition) is 2. The quantitative estimate of drug-likeness (QED) is 0.754. The second kappa shape index (κ2) is 6.39. The molecule has 1 atom stereocenters. The minimum absolute atomic E-state index is 0.0488. The average Bonchev–Trinajstić information content (AvgIpc) is 3.07. The first-order valence-corrected chi connectivity index (χ1v) is 10.7. The van der Waals surface area contributed by atoms with Crippen molar-refractivity contribution in [1.29, 1.82) is 0 Å². The number of aliphatic imine (C=N–C) groups is 1. The molecule has 2 aliphatic rings. The van der Waals surface area contributed by atoms with Crippen molar-refractivity contribution in [1.82, 2.24) is 4.98 Å². The lowest BCUT2D eigenvalue weighted by Gasteiger charge is -2.42. The van der Waals surface area contributed by atoms with E-state index in [1.165, 1.54) is 6.26 Å². The highest BCUT2D eigenvalue weighted by Gasteiger charge is 2.52. The topological polar surface area (TPSA) is 137 Å². The number of nitrogens with zero attached hydrogens (tertiary/aromatic N) is 2. The third-order valence-electron chi connectivity index (χ3n) is 5.48. The third kappa shape index (κ3) is 3.12. The highest BCUT2D eigenvalue weighted by Crippen LogP contribution is 2.42. The zero-order chi connectivity index (χ0) is 21.0. The van der Waals surface area contributed by atoms with Gasteiger partial charge in [0, 0.05) is 12.6 Å². The second-order valence-electron chi connectivity index (χ2n) is 7.87. The van der Waals surface area contributed by atoms with Gasteiger partial charge in [0.05, 0.1) is 19.0 Å². The van der Waals surface area contributed by atoms with Crippen LogP contribution in [0.25, 0.3) is 0 Å². The number of nitrogens with one attached hydrogen (secondary N) is 1. The van der Waals surface area contributed by atoms with Crippen LogP contribution in [0.15, 0.2) is 33.9 Å². The Bertz CT molecular complexity index is 1140. The molecule has 4 rings (SSSR count). The number of aromatic nitrogens is 1. The summed E-state index contributed by atoms with van der Waals surface area (Å²) in [5, 5.41) is 2.76. The van der Waals surface area contributed by atoms with Crippen molar-refractivity contribution in [2.45, 2.75) is 37.7 Å². The van der Waals surface area contributed by atoms with Crippen LogP contribution in [0.1, 0.15) is 41.4 Å². The van der Waals surface area contributed by atoms with Gasteiger partial charge in [0.15, 0.2) is 21.4 Å². The lowest BCUT2D eigenvalue weighted by Crippen LogP contribution is -2.57. The second-order valence-corrected chi connectivity index (χ2v) is 10.4. The summed E-state index contributed by atoms with van der Waals surface area (Å²) >= 11 is 0. The van der Waals surface area contributed by atoms with Crippen molar-refractivity contribution >= 4 is 27.3 Å². The van der Waals surface area contributed by atoms with E-state index in [-0.39, 0.29) is 23.9 Å². The fourth-order valence-corrected chi connectivity index (χ4v) is 5.20. The van der Waals surface area contributed by atoms with E-state index in [0.29, 0.717) is 23.7 Å². The highest BCUT2D eigenvalue weighted by molar-refractivity contribution is 7.93. The normalized spacial score (nSPS) is 24.6. The van der Waals surface area contributed by atoms with Crippen molar-refractivity contribution < 1.29 is 22.4 Å². The molecule has 0 aliphatic carbocycles. The van der Waals surface area contributed by atoms with Crippen molar-refractivity contribution in [3.63, 3.8) is 0 Å². The van der Waals surface area contributed by atoms with Crippen LogP contribution in [0.2, 0.25) is 0 Å². The molecule has 0 unspecified atom stereocenters. The van der Waals surface area contributed by atoms with Crippen molar-refractivity contribution in [3.8, 4) is 0 Å². The van der Waals surface area contributed by atoms with E-state index in [2.05, 4.69) is 15.3 Å². The molecule has 2 aromatic rings. The van der Waals surface area contributed by atoms with Crippen LogP contribution in [-0.4, -0.2) is 42.3 Å². The van der Waals surface area contributed by atoms with Gasteiger partial charge < -0.3 is 20.2 Å². The molecule has 0 saturated heterocycles. The molecule has 9 nitrogen and oxygen atoms in total. The summed E-state index contributed by atoms with van der Waals surface area (Å²) in [6, 6.07) is 5.24. The molecule has 1 amide bonds. The first-order valence-electron chi connectivity index (χ1n) is 9.07. The van der Waals surface area contributed by atoms with Gasteiger partial charge in [-0.3, -0.25) is 9.79 Å². The fourth-order valence-electron chi connectivity index (χ4n) is 3.55. The van der Waals surface area contributed by atoms with E-state index in [4.69, 9.17) is 14.9 Å². The molecule has 1 aromatic carbocycles. The number of carbonyl (C=O) groups is 1. The number of amidine groups is 1. The first kappa shape index (κ1) is 19.6. The predicted molar refractivity (Wildman–Crippen MR) is 106 cm³/mol. The third-order valence-corrected chi connectivity index (χ3v) is 8.10. The highest BCUT2D eigenvalue weighted by atomic mass is 32.2. The van der Waals surface area contributed by atoms with Crippen LogP contribution in [0.5, 0.6) is 0 Å². The maximum absolute atomic E-state index is 12.9. The molecule has 3 N–H and O–H groups in total. The number of ether oxygens (including phenoxy) is 1. The van der Waals surface area contributed by atoms with E-state index in [1.807, 2.05) is 0 Å². The van der Waals surface area contributed by atoms with Crippen LogP contribution >= 0.6 is 0 Å². The fraction of sp³-hybridized carbons (Fsp3) is 0.421. The summed E-state index contributed by atoms with van der Waals surface area (Å²) in [6.07, 6.45) is 1.28. The van der Waals surface area contributed by atoms with Crippen molar-refractivity contribution in [3.05, 3.63) is 47.2 Å². The average molecular weight is 418 g/mol. The van der Waals surface area contributed by atoms with Gasteiger partial charge in [-0.2, -0.15) is 0 Å². The molecule has 2 aliphatic heterocycles. The molecular weight excluding hydrogens is 396 g/mol. The van der Waals surface area contributed by atoms with Gasteiger partial charge in [0.2, 0.25) is 0 Å². The monoisotopic (exact) mass is 418 g/mol. The molecular formula is C19H22N4O5S. The molecule has 0 saturated carbocycles. The minimum Gasteiger partial charge on any atom is -0.448 e. The molecule has 29 heavy (non-hydrogen) atoms. The number of oxazole rings is 1. The number of benzene rings is 1. The summed E-state index contributed by atoms with van der Waals surface area (Å²) in [6.45, 7) is 5.17. The number of anilines is 1. The van der Waals surface area contributed by atoms with Crippen LogP contribution in [0.3, 0.4) is 0 Å². The number of rotatable bonds is 2. The Kier molecular flexibility index (Phi) is 4.32. The molecule has 0 fully saturated rings. The number of nitrogens with two attached hydrogens (primary N) is 1. The largest absolute Gasteiger partial charge is 0.448 e. The zero-order valence-corrected chi connectivity index (χ0v) is 17.2. The Morgan fingerprint density at radius 3 is 2.72 bits per heavy atom. The Hall–Kier alpha value is -2.72. The van der Waals surface area contributed by atoms with Gasteiger partial charge in [-0.1, -0.05) is 6.07 Å². The molecule has 154 valence electrons. The van der Waals surface area contributed by atoms with E-state index >= 15 is 0 Å². The van der Waals surface area contributed by atoms with Gasteiger partial charge in [-0.15, -0.1) is 0 Å². The Morgan fingerprint density at radius 1 is 1.31 bits per heavy atom. The van der Waals surface area contributed by atoms with E-state index < -0.39 is 26.0 Å². The molecule has 1 spiro atoms. The van der Waals surface area contributed by atoms with Gasteiger partial charge in [-0.05, 0) is 37.1 Å². The number of amides is 1. The van der Waals surface area contributed by atoms with Crippen LogP contribution < -0.4 is 11.1 Å². The predicted octanol–water partition coefficient (Wildman–Crippen LogP) is 1.53. The lowest BCUT2D eigenvalue weighted by atomic mass is 9.86. The minimum atomic E-state index is -3.58. The number of sulfone groups is 1. The summed E-state index contributed by atoms with van der Waals surface area (Å²) < 4.78 is 35.4. The standard InChI is InChI=1S/C19H22N4O5S/c1-11-21-15(8-28-11)16(24)22-13-5-4-12-7-27-9-19(14(12)6-13)10-29(25,26)18(2,3)17(20)23-19/h4-6,8H,7,9-10H2,1-3H3,(H2,20,23)(H,22,24)/t19-/m0/s1. The molecule has 0 radical (unpaired) electrons.